The number of aliphatic hydroxyl groups excluding tert-OH is 1. The molecule has 3 heteroatoms. The lowest BCUT2D eigenvalue weighted by molar-refractivity contribution is 0.0811. The third-order valence-electron chi connectivity index (χ3n) is 4.71. The third-order valence-corrected chi connectivity index (χ3v) is 4.71. The van der Waals surface area contributed by atoms with Gasteiger partial charge in [-0.2, -0.15) is 0 Å². The van der Waals surface area contributed by atoms with E-state index in [1.54, 1.807) is 0 Å². The Morgan fingerprint density at radius 2 is 2.11 bits per heavy atom. The van der Waals surface area contributed by atoms with Crippen LogP contribution in [0.4, 0.5) is 0 Å². The van der Waals surface area contributed by atoms with Crippen molar-refractivity contribution in [2.45, 2.75) is 65.5 Å². The minimum Gasteiger partial charge on any atom is -0.395 e. The summed E-state index contributed by atoms with van der Waals surface area (Å²) >= 11 is 0. The summed E-state index contributed by atoms with van der Waals surface area (Å²) in [4.78, 5) is 2.31. The third kappa shape index (κ3) is 5.41. The molecule has 1 aliphatic carbocycles. The Morgan fingerprint density at radius 3 is 2.68 bits per heavy atom. The van der Waals surface area contributed by atoms with E-state index in [1.807, 2.05) is 0 Å². The predicted molar refractivity (Wildman–Crippen MR) is 82.4 cm³/mol. The molecule has 2 N–H and O–H groups in total. The Morgan fingerprint density at radius 1 is 1.42 bits per heavy atom. The highest BCUT2D eigenvalue weighted by atomic mass is 16.3. The van der Waals surface area contributed by atoms with Gasteiger partial charge in [0.25, 0.3) is 0 Å². The lowest BCUT2D eigenvalue weighted by Crippen LogP contribution is -2.48. The van der Waals surface area contributed by atoms with E-state index in [0.29, 0.717) is 17.4 Å². The first kappa shape index (κ1) is 16.9. The highest BCUT2D eigenvalue weighted by molar-refractivity contribution is 4.90. The molecule has 0 saturated heterocycles. The van der Waals surface area contributed by atoms with Gasteiger partial charge in [0.2, 0.25) is 0 Å². The zero-order valence-corrected chi connectivity index (χ0v) is 13.6. The molecular formula is C16H34N2O. The van der Waals surface area contributed by atoms with Gasteiger partial charge in [0.15, 0.2) is 0 Å². The number of rotatable bonds is 7. The quantitative estimate of drug-likeness (QED) is 0.746. The van der Waals surface area contributed by atoms with Crippen LogP contribution in [0.15, 0.2) is 0 Å². The molecule has 0 amide bonds. The molecular weight excluding hydrogens is 236 g/mol. The van der Waals surface area contributed by atoms with Gasteiger partial charge in [0.05, 0.1) is 6.61 Å². The number of nitrogens with one attached hydrogen (secondary N) is 1. The van der Waals surface area contributed by atoms with Crippen LogP contribution in [0.3, 0.4) is 0 Å². The van der Waals surface area contributed by atoms with E-state index < -0.39 is 0 Å². The number of likely N-dealkylation sites (N-methyl/N-ethyl adjacent to an activating group) is 1. The molecule has 0 radical (unpaired) electrons. The Kier molecular flexibility index (Phi) is 6.78. The SMILES string of the molecule is CCCNC1CCC(C)(C)CC1CN(C)C(C)CO. The molecule has 1 rings (SSSR count). The van der Waals surface area contributed by atoms with E-state index in [1.165, 1.54) is 25.7 Å². The second-order valence-electron chi connectivity index (χ2n) is 7.20. The normalized spacial score (nSPS) is 28.6. The van der Waals surface area contributed by atoms with Gasteiger partial charge in [-0.3, -0.25) is 0 Å². The zero-order chi connectivity index (χ0) is 14.5. The first-order chi connectivity index (χ1) is 8.89. The first-order valence-corrected chi connectivity index (χ1v) is 7.94. The Balaban J connectivity index is 2.60. The molecule has 1 aliphatic rings. The van der Waals surface area contributed by atoms with Crippen LogP contribution in [0.25, 0.3) is 0 Å². The van der Waals surface area contributed by atoms with E-state index >= 15 is 0 Å². The van der Waals surface area contributed by atoms with E-state index in [4.69, 9.17) is 0 Å². The molecule has 3 unspecified atom stereocenters. The molecule has 0 spiro atoms. The van der Waals surface area contributed by atoms with Crippen molar-refractivity contribution in [3.63, 3.8) is 0 Å². The maximum absolute atomic E-state index is 9.29. The van der Waals surface area contributed by atoms with Crippen molar-refractivity contribution in [2.24, 2.45) is 11.3 Å². The van der Waals surface area contributed by atoms with E-state index in [-0.39, 0.29) is 12.6 Å². The highest BCUT2D eigenvalue weighted by Crippen LogP contribution is 2.39. The molecule has 3 nitrogen and oxygen atoms in total. The summed E-state index contributed by atoms with van der Waals surface area (Å²) in [6, 6.07) is 0.915. The lowest BCUT2D eigenvalue weighted by atomic mass is 9.69. The van der Waals surface area contributed by atoms with E-state index in [0.717, 1.165) is 13.1 Å². The molecule has 3 atom stereocenters. The first-order valence-electron chi connectivity index (χ1n) is 7.94. The van der Waals surface area contributed by atoms with Crippen LogP contribution in [-0.2, 0) is 0 Å². The fourth-order valence-electron chi connectivity index (χ4n) is 3.22. The van der Waals surface area contributed by atoms with Crippen molar-refractivity contribution in [3.05, 3.63) is 0 Å². The van der Waals surface area contributed by atoms with Gasteiger partial charge < -0.3 is 15.3 Å². The minimum absolute atomic E-state index is 0.250. The van der Waals surface area contributed by atoms with Gasteiger partial charge in [0.1, 0.15) is 0 Å². The smallest absolute Gasteiger partial charge is 0.0584 e. The monoisotopic (exact) mass is 270 g/mol. The Hall–Kier alpha value is -0.120. The number of hydrogen-bond acceptors (Lipinski definition) is 3. The average molecular weight is 270 g/mol. The summed E-state index contributed by atoms with van der Waals surface area (Å²) in [6.07, 6.45) is 5.11. The van der Waals surface area contributed by atoms with Crippen LogP contribution < -0.4 is 5.32 Å². The standard InChI is InChI=1S/C16H34N2O/c1-6-9-17-15-7-8-16(3,4)10-14(15)11-18(5)13(2)12-19/h13-15,17,19H,6-12H2,1-5H3. The number of hydrogen-bond donors (Lipinski definition) is 2. The van der Waals surface area contributed by atoms with Gasteiger partial charge in [-0.1, -0.05) is 20.8 Å². The summed E-state index contributed by atoms with van der Waals surface area (Å²) in [5, 5.41) is 13.0. The van der Waals surface area contributed by atoms with E-state index in [2.05, 4.69) is 45.0 Å². The van der Waals surface area contributed by atoms with Crippen molar-refractivity contribution in [1.82, 2.24) is 10.2 Å². The predicted octanol–water partition coefficient (Wildman–Crippen LogP) is 2.49. The number of nitrogens with zero attached hydrogens (tertiary/aromatic N) is 1. The summed E-state index contributed by atoms with van der Waals surface area (Å²) < 4.78 is 0. The topological polar surface area (TPSA) is 35.5 Å². The lowest BCUT2D eigenvalue weighted by Gasteiger charge is -2.43. The van der Waals surface area contributed by atoms with Crippen LogP contribution >= 0.6 is 0 Å². The molecule has 19 heavy (non-hydrogen) atoms. The summed E-state index contributed by atoms with van der Waals surface area (Å²) in [5.74, 6) is 0.703. The molecule has 1 saturated carbocycles. The zero-order valence-electron chi connectivity index (χ0n) is 13.6. The minimum atomic E-state index is 0.250. The second-order valence-corrected chi connectivity index (χ2v) is 7.20. The fourth-order valence-corrected chi connectivity index (χ4v) is 3.22. The van der Waals surface area contributed by atoms with Crippen LogP contribution in [0.5, 0.6) is 0 Å². The molecule has 0 aromatic rings. The Bertz CT molecular complexity index is 255. The van der Waals surface area contributed by atoms with Crippen molar-refractivity contribution in [3.8, 4) is 0 Å². The van der Waals surface area contributed by atoms with Crippen LogP contribution in [-0.4, -0.2) is 48.8 Å². The summed E-state index contributed by atoms with van der Waals surface area (Å²) in [5.41, 5.74) is 0.471. The fraction of sp³-hybridized carbons (Fsp3) is 1.00. The van der Waals surface area contributed by atoms with Crippen LogP contribution in [0, 0.1) is 11.3 Å². The molecule has 0 bridgehead atoms. The van der Waals surface area contributed by atoms with Gasteiger partial charge in [-0.25, -0.2) is 0 Å². The molecule has 0 heterocycles. The maximum Gasteiger partial charge on any atom is 0.0584 e. The molecule has 1 fully saturated rings. The van der Waals surface area contributed by atoms with E-state index in [9.17, 15) is 5.11 Å². The molecule has 0 aromatic carbocycles. The maximum atomic E-state index is 9.29. The molecule has 0 aliphatic heterocycles. The van der Waals surface area contributed by atoms with Crippen molar-refractivity contribution < 1.29 is 5.11 Å². The summed E-state index contributed by atoms with van der Waals surface area (Å²) in [6.45, 7) is 11.6. The van der Waals surface area contributed by atoms with Crippen molar-refractivity contribution in [2.75, 3.05) is 26.7 Å². The van der Waals surface area contributed by atoms with Crippen LogP contribution in [0.2, 0.25) is 0 Å². The largest absolute Gasteiger partial charge is 0.395 e. The average Bonchev–Trinajstić information content (AvgIpc) is 2.36. The summed E-state index contributed by atoms with van der Waals surface area (Å²) in [7, 11) is 2.14. The Labute approximate surface area is 119 Å². The van der Waals surface area contributed by atoms with Gasteiger partial charge >= 0.3 is 0 Å². The van der Waals surface area contributed by atoms with Gasteiger partial charge in [-0.05, 0) is 57.5 Å². The number of aliphatic hydroxyl groups is 1. The highest BCUT2D eigenvalue weighted by Gasteiger charge is 2.35. The van der Waals surface area contributed by atoms with Crippen LogP contribution in [0.1, 0.15) is 53.4 Å². The molecule has 114 valence electrons. The van der Waals surface area contributed by atoms with Crippen molar-refractivity contribution in [1.29, 1.82) is 0 Å². The van der Waals surface area contributed by atoms with Crippen molar-refractivity contribution >= 4 is 0 Å². The molecule has 0 aromatic heterocycles. The van der Waals surface area contributed by atoms with Gasteiger partial charge in [0, 0.05) is 18.6 Å². The van der Waals surface area contributed by atoms with Gasteiger partial charge in [-0.15, -0.1) is 0 Å². The second kappa shape index (κ2) is 7.61.